The van der Waals surface area contributed by atoms with Gasteiger partial charge in [-0.2, -0.15) is 12.6 Å². The van der Waals surface area contributed by atoms with Crippen LogP contribution >= 0.6 is 24.4 Å². The second kappa shape index (κ2) is 10.8. The maximum absolute atomic E-state index is 6.64. The Morgan fingerprint density at radius 1 is 1.10 bits per heavy atom. The number of hydrogen-bond donors (Lipinski definition) is 1. The van der Waals surface area contributed by atoms with E-state index in [0.717, 1.165) is 48.2 Å². The Morgan fingerprint density at radius 3 is 2.60 bits per heavy atom. The summed E-state index contributed by atoms with van der Waals surface area (Å²) in [6.07, 6.45) is 3.08. The lowest BCUT2D eigenvalue weighted by atomic mass is 9.86. The van der Waals surface area contributed by atoms with Crippen molar-refractivity contribution in [1.29, 1.82) is 0 Å². The van der Waals surface area contributed by atoms with Crippen molar-refractivity contribution in [3.05, 3.63) is 58.1 Å². The maximum Gasteiger partial charge on any atom is 0.127 e. The van der Waals surface area contributed by atoms with Crippen LogP contribution in [-0.2, 0) is 17.8 Å². The summed E-state index contributed by atoms with van der Waals surface area (Å²) in [6, 6.07) is 10.3. The van der Waals surface area contributed by atoms with Gasteiger partial charge < -0.3 is 14.2 Å². The molecule has 1 aliphatic rings. The summed E-state index contributed by atoms with van der Waals surface area (Å²) in [5.74, 6) is 4.62. The van der Waals surface area contributed by atoms with Crippen LogP contribution in [-0.4, -0.2) is 29.7 Å². The molecule has 1 atom stereocenters. The molecule has 0 spiro atoms. The molecule has 0 N–H and O–H groups in total. The molecule has 0 saturated carbocycles. The quantitative estimate of drug-likeness (QED) is 0.263. The minimum atomic E-state index is -0.125. The Labute approximate surface area is 191 Å². The van der Waals surface area contributed by atoms with E-state index < -0.39 is 0 Å². The summed E-state index contributed by atoms with van der Waals surface area (Å²) in [5.41, 5.74) is 5.98. The second-order valence-corrected chi connectivity index (χ2v) is 9.75. The van der Waals surface area contributed by atoms with Gasteiger partial charge in [-0.3, -0.25) is 0 Å². The van der Waals surface area contributed by atoms with Gasteiger partial charge in [-0.25, -0.2) is 0 Å². The topological polar surface area (TPSA) is 27.7 Å². The summed E-state index contributed by atoms with van der Waals surface area (Å²) >= 11 is 6.00. The molecule has 0 fully saturated rings. The van der Waals surface area contributed by atoms with Crippen molar-refractivity contribution in [3.8, 4) is 11.5 Å². The average Bonchev–Trinajstić information content (AvgIpc) is 2.75. The summed E-state index contributed by atoms with van der Waals surface area (Å²) in [7, 11) is 0. The smallest absolute Gasteiger partial charge is 0.127 e. The number of rotatable bonds is 10. The van der Waals surface area contributed by atoms with Crippen LogP contribution in [0.2, 0.25) is 0 Å². The molecule has 3 rings (SSSR count). The predicted octanol–water partition coefficient (Wildman–Crippen LogP) is 6.30. The van der Waals surface area contributed by atoms with E-state index >= 15 is 0 Å². The van der Waals surface area contributed by atoms with Gasteiger partial charge in [0.15, 0.2) is 0 Å². The highest BCUT2D eigenvalue weighted by Gasteiger charge is 2.34. The van der Waals surface area contributed by atoms with Crippen LogP contribution in [0.3, 0.4) is 0 Å². The van der Waals surface area contributed by atoms with Gasteiger partial charge in [0.05, 0.1) is 12.5 Å². The van der Waals surface area contributed by atoms with Gasteiger partial charge in [0, 0.05) is 11.3 Å². The molecule has 5 heteroatoms. The Balaban J connectivity index is 1.69. The zero-order valence-corrected chi connectivity index (χ0v) is 20.3. The highest BCUT2D eigenvalue weighted by molar-refractivity contribution is 7.99. The fourth-order valence-electron chi connectivity index (χ4n) is 3.93. The highest BCUT2D eigenvalue weighted by atomic mass is 32.2. The first kappa shape index (κ1) is 23.4. The van der Waals surface area contributed by atoms with E-state index in [-0.39, 0.29) is 5.60 Å². The largest absolute Gasteiger partial charge is 0.488 e. The molecule has 2 aromatic carbocycles. The first-order chi connectivity index (χ1) is 14.4. The van der Waals surface area contributed by atoms with E-state index in [4.69, 9.17) is 14.2 Å². The van der Waals surface area contributed by atoms with E-state index in [1.165, 1.54) is 27.8 Å². The summed E-state index contributed by atoms with van der Waals surface area (Å²) in [4.78, 5) is 0. The standard InChI is InChI=1S/C25H34O3S2/c1-18-19(2)24-22(20(3)23(18)27-16-21-8-6-5-7-9-21)10-11-25(4,28-24)12-15-30-17-26-13-14-29/h5-9,29H,10-17H2,1-4H3/t25-/m0/s1. The second-order valence-electron chi connectivity index (χ2n) is 8.25. The molecule has 30 heavy (non-hydrogen) atoms. The predicted molar refractivity (Wildman–Crippen MR) is 131 cm³/mol. The number of ether oxygens (including phenoxy) is 3. The molecule has 164 valence electrons. The van der Waals surface area contributed by atoms with E-state index in [1.54, 1.807) is 0 Å². The molecule has 0 aliphatic carbocycles. The van der Waals surface area contributed by atoms with Gasteiger partial charge in [-0.1, -0.05) is 30.3 Å². The fraction of sp³-hybridized carbons (Fsp3) is 0.520. The first-order valence-electron chi connectivity index (χ1n) is 10.7. The average molecular weight is 447 g/mol. The molecule has 0 aromatic heterocycles. The molecule has 1 aliphatic heterocycles. The van der Waals surface area contributed by atoms with Crippen LogP contribution < -0.4 is 9.47 Å². The van der Waals surface area contributed by atoms with Gasteiger partial charge in [-0.05, 0) is 75.0 Å². The molecule has 0 unspecified atom stereocenters. The molecular formula is C25H34O3S2. The SMILES string of the molecule is Cc1c(C)c2c(c(C)c1OCc1ccccc1)CC[C@@](C)(CCSCOCCS)O2. The summed E-state index contributed by atoms with van der Waals surface area (Å²) < 4.78 is 18.4. The van der Waals surface area contributed by atoms with Crippen molar-refractivity contribution < 1.29 is 14.2 Å². The Kier molecular flexibility index (Phi) is 8.44. The van der Waals surface area contributed by atoms with Crippen molar-refractivity contribution >= 4 is 24.4 Å². The van der Waals surface area contributed by atoms with Crippen molar-refractivity contribution in [2.45, 2.75) is 59.2 Å². The van der Waals surface area contributed by atoms with E-state index in [1.807, 2.05) is 17.8 Å². The third-order valence-corrected chi connectivity index (χ3v) is 6.98. The Morgan fingerprint density at radius 2 is 1.87 bits per heavy atom. The third-order valence-electron chi connectivity index (χ3n) is 5.97. The summed E-state index contributed by atoms with van der Waals surface area (Å²) in [6.45, 7) is 10.0. The number of benzene rings is 2. The molecule has 1 heterocycles. The zero-order valence-electron chi connectivity index (χ0n) is 18.6. The minimum absolute atomic E-state index is 0.125. The number of hydrogen-bond acceptors (Lipinski definition) is 5. The van der Waals surface area contributed by atoms with Crippen molar-refractivity contribution in [2.75, 3.05) is 24.1 Å². The third kappa shape index (κ3) is 5.68. The lowest BCUT2D eigenvalue weighted by Gasteiger charge is -2.38. The Hall–Kier alpha value is -1.30. The lowest BCUT2D eigenvalue weighted by Crippen LogP contribution is -2.37. The molecule has 0 radical (unpaired) electrons. The molecular weight excluding hydrogens is 412 g/mol. The number of fused-ring (bicyclic) bond motifs is 1. The molecule has 0 saturated heterocycles. The van der Waals surface area contributed by atoms with E-state index in [0.29, 0.717) is 13.2 Å². The normalized spacial score (nSPS) is 18.0. The van der Waals surface area contributed by atoms with E-state index in [9.17, 15) is 0 Å². The monoisotopic (exact) mass is 446 g/mol. The van der Waals surface area contributed by atoms with Gasteiger partial charge in [0.25, 0.3) is 0 Å². The number of thioether (sulfide) groups is 1. The van der Waals surface area contributed by atoms with Gasteiger partial charge in [-0.15, -0.1) is 11.8 Å². The molecule has 0 amide bonds. The van der Waals surface area contributed by atoms with Crippen LogP contribution in [0.15, 0.2) is 30.3 Å². The van der Waals surface area contributed by atoms with Crippen molar-refractivity contribution in [3.63, 3.8) is 0 Å². The number of thiol groups is 1. The fourth-order valence-corrected chi connectivity index (χ4v) is 4.99. The van der Waals surface area contributed by atoms with Crippen molar-refractivity contribution in [2.24, 2.45) is 0 Å². The molecule has 0 bridgehead atoms. The maximum atomic E-state index is 6.64. The van der Waals surface area contributed by atoms with Crippen LogP contribution in [0.25, 0.3) is 0 Å². The summed E-state index contributed by atoms with van der Waals surface area (Å²) in [5, 5.41) is 0. The highest BCUT2D eigenvalue weighted by Crippen LogP contribution is 2.44. The Bertz CT molecular complexity index is 838. The van der Waals surface area contributed by atoms with Crippen molar-refractivity contribution in [1.82, 2.24) is 0 Å². The van der Waals surface area contributed by atoms with Crippen LogP contribution in [0.1, 0.15) is 47.6 Å². The minimum Gasteiger partial charge on any atom is -0.488 e. The van der Waals surface area contributed by atoms with Gasteiger partial charge in [0.1, 0.15) is 23.7 Å². The lowest BCUT2D eigenvalue weighted by molar-refractivity contribution is 0.0608. The van der Waals surface area contributed by atoms with Crippen LogP contribution in [0.5, 0.6) is 11.5 Å². The van der Waals surface area contributed by atoms with Crippen LogP contribution in [0.4, 0.5) is 0 Å². The van der Waals surface area contributed by atoms with E-state index in [2.05, 4.69) is 64.6 Å². The van der Waals surface area contributed by atoms with Crippen LogP contribution in [0, 0.1) is 20.8 Å². The zero-order chi connectivity index (χ0) is 21.6. The van der Waals surface area contributed by atoms with Gasteiger partial charge in [0.2, 0.25) is 0 Å². The molecule has 3 nitrogen and oxygen atoms in total. The van der Waals surface area contributed by atoms with Gasteiger partial charge >= 0.3 is 0 Å². The molecule has 2 aromatic rings. The first-order valence-corrected chi connectivity index (χ1v) is 12.5.